The molecule has 2 rings (SSSR count). The summed E-state index contributed by atoms with van der Waals surface area (Å²) in [5, 5.41) is 14.6. The van der Waals surface area contributed by atoms with Crippen molar-refractivity contribution in [1.82, 2.24) is 14.6 Å². The minimum Gasteiger partial charge on any atom is -0.389 e. The second kappa shape index (κ2) is 4.74. The van der Waals surface area contributed by atoms with Crippen LogP contribution in [-0.2, 0) is 5.41 Å². The molecule has 0 aliphatic rings. The summed E-state index contributed by atoms with van der Waals surface area (Å²) in [6.45, 7) is 10.5. The molecule has 0 saturated heterocycles. The van der Waals surface area contributed by atoms with Gasteiger partial charge in [0.15, 0.2) is 5.82 Å². The van der Waals surface area contributed by atoms with E-state index in [4.69, 9.17) is 0 Å². The molecule has 0 atom stereocenters. The molecule has 110 valence electrons. The lowest BCUT2D eigenvalue weighted by Crippen LogP contribution is -2.36. The molecule has 0 spiro atoms. The maximum absolute atomic E-state index is 9.96. The number of nitrogens with zero attached hydrogens (tertiary/aromatic N) is 4. The molecule has 0 radical (unpaired) electrons. The smallest absolute Gasteiger partial charge is 0.154 e. The standard InChI is InChI=1S/C15H24N4O/c1-14(2,3)12-9-11-13(16-7-8-19(11)17-12)18(6)10-15(4,5)20/h7-9,20H,10H2,1-6H3. The first-order chi connectivity index (χ1) is 9.08. The Morgan fingerprint density at radius 1 is 1.25 bits per heavy atom. The van der Waals surface area contributed by atoms with Crippen molar-refractivity contribution in [3.05, 3.63) is 24.2 Å². The van der Waals surface area contributed by atoms with Crippen LogP contribution >= 0.6 is 0 Å². The topological polar surface area (TPSA) is 53.7 Å². The Kier molecular flexibility index (Phi) is 3.50. The lowest BCUT2D eigenvalue weighted by atomic mass is 9.92. The SMILES string of the molecule is CN(CC(C)(C)O)c1nccn2nc(C(C)(C)C)cc12. The number of likely N-dealkylation sites (N-methyl/N-ethyl adjacent to an activating group) is 1. The number of fused-ring (bicyclic) bond motifs is 1. The summed E-state index contributed by atoms with van der Waals surface area (Å²) in [7, 11) is 1.93. The Hall–Kier alpha value is -1.62. The molecule has 5 nitrogen and oxygen atoms in total. The molecule has 0 amide bonds. The molecule has 0 fully saturated rings. The summed E-state index contributed by atoms with van der Waals surface area (Å²) >= 11 is 0. The Labute approximate surface area is 120 Å². The fourth-order valence-corrected chi connectivity index (χ4v) is 2.22. The van der Waals surface area contributed by atoms with Crippen molar-refractivity contribution < 1.29 is 5.11 Å². The van der Waals surface area contributed by atoms with Crippen LogP contribution in [0.15, 0.2) is 18.5 Å². The molecule has 2 aromatic heterocycles. The minimum atomic E-state index is -0.768. The van der Waals surface area contributed by atoms with Crippen molar-refractivity contribution >= 4 is 11.3 Å². The van der Waals surface area contributed by atoms with Gasteiger partial charge >= 0.3 is 0 Å². The first-order valence-corrected chi connectivity index (χ1v) is 6.86. The highest BCUT2D eigenvalue weighted by molar-refractivity contribution is 5.69. The number of anilines is 1. The fourth-order valence-electron chi connectivity index (χ4n) is 2.22. The van der Waals surface area contributed by atoms with E-state index < -0.39 is 5.60 Å². The van der Waals surface area contributed by atoms with Crippen molar-refractivity contribution in [3.8, 4) is 0 Å². The zero-order valence-corrected chi connectivity index (χ0v) is 13.2. The van der Waals surface area contributed by atoms with Gasteiger partial charge in [-0.2, -0.15) is 5.10 Å². The van der Waals surface area contributed by atoms with E-state index in [-0.39, 0.29) is 5.41 Å². The first-order valence-electron chi connectivity index (χ1n) is 6.86. The third-order valence-electron chi connectivity index (χ3n) is 3.12. The molecule has 2 heterocycles. The minimum absolute atomic E-state index is 0.00187. The monoisotopic (exact) mass is 276 g/mol. The molecule has 0 aromatic carbocycles. The molecule has 0 aliphatic carbocycles. The molecule has 0 aliphatic heterocycles. The highest BCUT2D eigenvalue weighted by Gasteiger charge is 2.22. The fraction of sp³-hybridized carbons (Fsp3) is 0.600. The molecule has 0 unspecified atom stereocenters. The van der Waals surface area contributed by atoms with Crippen LogP contribution < -0.4 is 4.90 Å². The van der Waals surface area contributed by atoms with Crippen LogP contribution in [0.3, 0.4) is 0 Å². The quantitative estimate of drug-likeness (QED) is 0.934. The summed E-state index contributed by atoms with van der Waals surface area (Å²) in [4.78, 5) is 6.40. The van der Waals surface area contributed by atoms with Gasteiger partial charge in [0.1, 0.15) is 5.52 Å². The van der Waals surface area contributed by atoms with Crippen LogP contribution in [0, 0.1) is 0 Å². The van der Waals surface area contributed by atoms with Gasteiger partial charge in [0, 0.05) is 31.4 Å². The number of rotatable bonds is 3. The van der Waals surface area contributed by atoms with Gasteiger partial charge in [-0.15, -0.1) is 0 Å². The van der Waals surface area contributed by atoms with Crippen LogP contribution in [0.2, 0.25) is 0 Å². The average Bonchev–Trinajstić information content (AvgIpc) is 2.69. The van der Waals surface area contributed by atoms with Gasteiger partial charge in [-0.1, -0.05) is 20.8 Å². The van der Waals surface area contributed by atoms with E-state index in [1.54, 1.807) is 20.0 Å². The highest BCUT2D eigenvalue weighted by atomic mass is 16.3. The number of hydrogen-bond donors (Lipinski definition) is 1. The Bertz CT molecular complexity index is 604. The maximum Gasteiger partial charge on any atom is 0.154 e. The molecule has 1 N–H and O–H groups in total. The third kappa shape index (κ3) is 3.10. The lowest BCUT2D eigenvalue weighted by molar-refractivity contribution is 0.0885. The molecular formula is C15H24N4O. The van der Waals surface area contributed by atoms with E-state index in [1.165, 1.54) is 0 Å². The first kappa shape index (κ1) is 14.8. The van der Waals surface area contributed by atoms with E-state index in [1.807, 2.05) is 22.7 Å². The Morgan fingerprint density at radius 2 is 1.90 bits per heavy atom. The van der Waals surface area contributed by atoms with Crippen LogP contribution in [0.1, 0.15) is 40.3 Å². The predicted octanol–water partition coefficient (Wildman–Crippen LogP) is 2.23. The van der Waals surface area contributed by atoms with Crippen molar-refractivity contribution in [2.24, 2.45) is 0 Å². The van der Waals surface area contributed by atoms with Gasteiger partial charge < -0.3 is 10.0 Å². The summed E-state index contributed by atoms with van der Waals surface area (Å²) in [6.07, 6.45) is 3.59. The highest BCUT2D eigenvalue weighted by Crippen LogP contribution is 2.26. The summed E-state index contributed by atoms with van der Waals surface area (Å²) < 4.78 is 1.85. The average molecular weight is 276 g/mol. The summed E-state index contributed by atoms with van der Waals surface area (Å²) in [6, 6.07) is 2.07. The van der Waals surface area contributed by atoms with Crippen LogP contribution in [0.5, 0.6) is 0 Å². The van der Waals surface area contributed by atoms with E-state index in [2.05, 4.69) is 36.9 Å². The van der Waals surface area contributed by atoms with Crippen molar-refractivity contribution in [3.63, 3.8) is 0 Å². The van der Waals surface area contributed by atoms with E-state index in [0.717, 1.165) is 17.0 Å². The van der Waals surface area contributed by atoms with Crippen molar-refractivity contribution in [1.29, 1.82) is 0 Å². The van der Waals surface area contributed by atoms with Gasteiger partial charge in [-0.05, 0) is 19.9 Å². The van der Waals surface area contributed by atoms with E-state index >= 15 is 0 Å². The molecule has 2 aromatic rings. The van der Waals surface area contributed by atoms with Crippen LogP contribution in [-0.4, -0.2) is 38.9 Å². The third-order valence-corrected chi connectivity index (χ3v) is 3.12. The second-order valence-electron chi connectivity index (χ2n) is 7.03. The summed E-state index contributed by atoms with van der Waals surface area (Å²) in [5.74, 6) is 0.831. The molecule has 5 heteroatoms. The molecular weight excluding hydrogens is 252 g/mol. The van der Waals surface area contributed by atoms with E-state index in [0.29, 0.717) is 6.54 Å². The van der Waals surface area contributed by atoms with Crippen molar-refractivity contribution in [2.45, 2.75) is 45.6 Å². The summed E-state index contributed by atoms with van der Waals surface area (Å²) in [5.41, 5.74) is 1.22. The largest absolute Gasteiger partial charge is 0.389 e. The Morgan fingerprint density at radius 3 is 2.45 bits per heavy atom. The zero-order chi connectivity index (χ0) is 15.1. The normalized spacial score (nSPS) is 12.9. The second-order valence-corrected chi connectivity index (χ2v) is 7.03. The molecule has 0 bridgehead atoms. The van der Waals surface area contributed by atoms with Crippen LogP contribution in [0.25, 0.3) is 5.52 Å². The van der Waals surface area contributed by atoms with E-state index in [9.17, 15) is 5.11 Å². The van der Waals surface area contributed by atoms with Gasteiger partial charge in [-0.25, -0.2) is 9.50 Å². The van der Waals surface area contributed by atoms with Gasteiger partial charge in [-0.3, -0.25) is 0 Å². The van der Waals surface area contributed by atoms with Crippen molar-refractivity contribution in [2.75, 3.05) is 18.5 Å². The van der Waals surface area contributed by atoms with Gasteiger partial charge in [0.25, 0.3) is 0 Å². The Balaban J connectivity index is 2.47. The molecule has 0 saturated carbocycles. The zero-order valence-electron chi connectivity index (χ0n) is 13.2. The van der Waals surface area contributed by atoms with Gasteiger partial charge in [0.2, 0.25) is 0 Å². The number of hydrogen-bond acceptors (Lipinski definition) is 4. The predicted molar refractivity (Wildman–Crippen MR) is 81.3 cm³/mol. The molecule has 20 heavy (non-hydrogen) atoms. The van der Waals surface area contributed by atoms with Gasteiger partial charge in [0.05, 0.1) is 11.3 Å². The number of aliphatic hydroxyl groups is 1. The number of aromatic nitrogens is 3. The maximum atomic E-state index is 9.96. The lowest BCUT2D eigenvalue weighted by Gasteiger charge is -2.26. The van der Waals surface area contributed by atoms with Crippen LogP contribution in [0.4, 0.5) is 5.82 Å².